The molecule has 1 aromatic heterocycles. The molecule has 0 amide bonds. The molecule has 1 nitrogen and oxygen atoms in total. The van der Waals surface area contributed by atoms with Crippen LogP contribution in [0.3, 0.4) is 0 Å². The molecule has 46 valence electrons. The van der Waals surface area contributed by atoms with Gasteiger partial charge in [0.1, 0.15) is 0 Å². The van der Waals surface area contributed by atoms with Gasteiger partial charge in [0.2, 0.25) is 0 Å². The summed E-state index contributed by atoms with van der Waals surface area (Å²) < 4.78 is 4.40. The van der Waals surface area contributed by atoms with Crippen molar-refractivity contribution in [2.75, 3.05) is 0 Å². The van der Waals surface area contributed by atoms with Gasteiger partial charge >= 0.3 is 0 Å². The van der Waals surface area contributed by atoms with E-state index in [1.54, 1.807) is 23.3 Å². The molecule has 0 atom stereocenters. The molecule has 0 spiro atoms. The van der Waals surface area contributed by atoms with Crippen LogP contribution in [0, 0.1) is 0 Å². The summed E-state index contributed by atoms with van der Waals surface area (Å²) in [5, 5.41) is 5.56. The molecule has 3 heteroatoms. The summed E-state index contributed by atoms with van der Waals surface area (Å²) in [5.74, 6) is 0. The molecule has 0 radical (unpaired) electrons. The Kier molecular flexibility index (Phi) is 1.24. The highest BCUT2D eigenvalue weighted by Crippen LogP contribution is 1.97. The number of nitrogens with one attached hydrogen (secondary N) is 1. The summed E-state index contributed by atoms with van der Waals surface area (Å²) in [6.45, 7) is 0. The van der Waals surface area contributed by atoms with Crippen molar-refractivity contribution in [3.05, 3.63) is 21.2 Å². The van der Waals surface area contributed by atoms with Crippen molar-refractivity contribution in [2.24, 2.45) is 0 Å². The minimum atomic E-state index is 1.33. The Balaban J connectivity index is 2.89. The molecule has 1 N–H and O–H groups in total. The van der Waals surface area contributed by atoms with Crippen molar-refractivity contribution in [1.82, 2.24) is 4.72 Å². The fraction of sp³-hybridized carbons (Fsp3) is 0. The van der Waals surface area contributed by atoms with Crippen molar-refractivity contribution < 1.29 is 0 Å². The van der Waals surface area contributed by atoms with Gasteiger partial charge in [-0.1, -0.05) is 0 Å². The highest BCUT2D eigenvalue weighted by molar-refractivity contribution is 8.05. The van der Waals surface area contributed by atoms with Gasteiger partial charge in [-0.25, -0.2) is 0 Å². The lowest BCUT2D eigenvalue weighted by atomic mass is 10.5. The molecule has 1 aromatic rings. The Morgan fingerprint density at radius 3 is 3.33 bits per heavy atom. The second-order valence-electron chi connectivity index (χ2n) is 1.74. The van der Waals surface area contributed by atoms with Crippen molar-refractivity contribution in [3.8, 4) is 0 Å². The molecule has 0 unspecified atom stereocenters. The standard InChI is InChI=1S/C6H5NS2/c1-2-8-6-3-7-9-4-5(1)6/h1-4,7H. The van der Waals surface area contributed by atoms with E-state index < -0.39 is 0 Å². The van der Waals surface area contributed by atoms with Crippen LogP contribution in [0.25, 0.3) is 11.6 Å². The third-order valence-corrected chi connectivity index (χ3v) is 2.68. The first-order chi connectivity index (χ1) is 4.47. The molecular formula is C6H5NS2. The third kappa shape index (κ3) is 0.862. The highest BCUT2D eigenvalue weighted by atomic mass is 32.2. The lowest BCUT2D eigenvalue weighted by Crippen LogP contribution is -2.22. The average molecular weight is 155 g/mol. The SMILES string of the molecule is C1=c2ccsc2=CNS1. The highest BCUT2D eigenvalue weighted by Gasteiger charge is 1.90. The van der Waals surface area contributed by atoms with E-state index in [9.17, 15) is 0 Å². The average Bonchev–Trinajstić information content (AvgIpc) is 2.33. The second kappa shape index (κ2) is 2.08. The lowest BCUT2D eigenvalue weighted by molar-refractivity contribution is 1.51. The van der Waals surface area contributed by atoms with E-state index in [2.05, 4.69) is 21.6 Å². The van der Waals surface area contributed by atoms with Crippen LogP contribution in [0.1, 0.15) is 0 Å². The zero-order valence-corrected chi connectivity index (χ0v) is 6.26. The second-order valence-corrected chi connectivity index (χ2v) is 3.39. The van der Waals surface area contributed by atoms with Gasteiger partial charge in [-0.15, -0.1) is 11.3 Å². The minimum Gasteiger partial charge on any atom is -0.331 e. The molecular weight excluding hydrogens is 150 g/mol. The molecule has 2 rings (SSSR count). The first kappa shape index (κ1) is 5.38. The quantitative estimate of drug-likeness (QED) is 0.547. The molecule has 2 heterocycles. The number of hydrogen-bond donors (Lipinski definition) is 1. The van der Waals surface area contributed by atoms with E-state index in [1.165, 1.54) is 9.75 Å². The van der Waals surface area contributed by atoms with Gasteiger partial charge in [-0.2, -0.15) is 0 Å². The molecule has 0 bridgehead atoms. The molecule has 1 aliphatic heterocycles. The molecule has 0 aromatic carbocycles. The number of fused-ring (bicyclic) bond motifs is 1. The first-order valence-electron chi connectivity index (χ1n) is 2.62. The predicted octanol–water partition coefficient (Wildman–Crippen LogP) is 0.476. The van der Waals surface area contributed by atoms with Crippen molar-refractivity contribution in [2.45, 2.75) is 0 Å². The van der Waals surface area contributed by atoms with Crippen molar-refractivity contribution in [1.29, 1.82) is 0 Å². The Labute approximate surface area is 61.2 Å². The first-order valence-corrected chi connectivity index (χ1v) is 4.38. The van der Waals surface area contributed by atoms with Crippen molar-refractivity contribution >= 4 is 34.9 Å². The third-order valence-electron chi connectivity index (χ3n) is 1.17. The summed E-state index contributed by atoms with van der Waals surface area (Å²) >= 11 is 3.38. The summed E-state index contributed by atoms with van der Waals surface area (Å²) in [6.07, 6.45) is 2.03. The maximum Gasteiger partial charge on any atom is 0.0513 e. The van der Waals surface area contributed by atoms with Crippen LogP contribution in [-0.4, -0.2) is 0 Å². The van der Waals surface area contributed by atoms with Gasteiger partial charge in [-0.3, -0.25) is 0 Å². The summed E-state index contributed by atoms with van der Waals surface area (Å²) in [5.41, 5.74) is 0. The number of thiophene rings is 1. The molecule has 0 saturated heterocycles. The maximum atomic E-state index is 3.07. The van der Waals surface area contributed by atoms with Crippen LogP contribution in [0.2, 0.25) is 0 Å². The minimum absolute atomic E-state index is 1.33. The molecule has 1 aliphatic rings. The normalized spacial score (nSPS) is 14.7. The van der Waals surface area contributed by atoms with Crippen LogP contribution < -0.4 is 14.5 Å². The number of rotatable bonds is 0. The summed E-state index contributed by atoms with van der Waals surface area (Å²) in [7, 11) is 0. The summed E-state index contributed by atoms with van der Waals surface area (Å²) in [6, 6.07) is 2.13. The van der Waals surface area contributed by atoms with Crippen molar-refractivity contribution in [3.63, 3.8) is 0 Å². The maximum absolute atomic E-state index is 3.07. The van der Waals surface area contributed by atoms with Gasteiger partial charge < -0.3 is 4.72 Å². The zero-order valence-electron chi connectivity index (χ0n) is 4.63. The Morgan fingerprint density at radius 2 is 2.44 bits per heavy atom. The molecule has 0 aliphatic carbocycles. The monoisotopic (exact) mass is 155 g/mol. The van der Waals surface area contributed by atoms with Gasteiger partial charge in [0.15, 0.2) is 0 Å². The van der Waals surface area contributed by atoms with Gasteiger partial charge in [0.25, 0.3) is 0 Å². The van der Waals surface area contributed by atoms with Gasteiger partial charge in [0.05, 0.1) is 4.53 Å². The molecule has 9 heavy (non-hydrogen) atoms. The van der Waals surface area contributed by atoms with Crippen LogP contribution in [-0.2, 0) is 0 Å². The van der Waals surface area contributed by atoms with E-state index in [4.69, 9.17) is 0 Å². The Morgan fingerprint density at radius 1 is 1.44 bits per heavy atom. The molecule has 0 fully saturated rings. The fourth-order valence-corrected chi connectivity index (χ4v) is 2.22. The smallest absolute Gasteiger partial charge is 0.0513 e. The van der Waals surface area contributed by atoms with E-state index in [0.29, 0.717) is 0 Å². The fourth-order valence-electron chi connectivity index (χ4n) is 0.731. The summed E-state index contributed by atoms with van der Waals surface area (Å²) in [4.78, 5) is 0. The van der Waals surface area contributed by atoms with Crippen LogP contribution in [0.4, 0.5) is 0 Å². The van der Waals surface area contributed by atoms with E-state index in [-0.39, 0.29) is 0 Å². The van der Waals surface area contributed by atoms with Gasteiger partial charge in [-0.05, 0) is 23.4 Å². The van der Waals surface area contributed by atoms with E-state index >= 15 is 0 Å². The van der Waals surface area contributed by atoms with E-state index in [1.807, 2.05) is 6.20 Å². The topological polar surface area (TPSA) is 12.0 Å². The van der Waals surface area contributed by atoms with Crippen LogP contribution in [0.5, 0.6) is 0 Å². The van der Waals surface area contributed by atoms with Crippen LogP contribution in [0.15, 0.2) is 11.4 Å². The predicted molar refractivity (Wildman–Crippen MR) is 43.2 cm³/mol. The van der Waals surface area contributed by atoms with Crippen LogP contribution >= 0.6 is 23.3 Å². The molecule has 0 saturated carbocycles. The van der Waals surface area contributed by atoms with Gasteiger partial charge in [0, 0.05) is 16.8 Å². The number of hydrogen-bond acceptors (Lipinski definition) is 3. The lowest BCUT2D eigenvalue weighted by Gasteiger charge is -1.94. The Bertz CT molecular complexity index is 282. The zero-order chi connectivity index (χ0) is 6.10. The Hall–Kier alpha value is -0.410. The van der Waals surface area contributed by atoms with E-state index in [0.717, 1.165) is 0 Å². The largest absolute Gasteiger partial charge is 0.331 e.